The Bertz CT molecular complexity index is 960. The normalized spacial score (nSPS) is 17.0. The van der Waals surface area contributed by atoms with E-state index in [2.05, 4.69) is 32.2 Å². The van der Waals surface area contributed by atoms with E-state index in [0.717, 1.165) is 47.7 Å². The Morgan fingerprint density at radius 2 is 1.89 bits per heavy atom. The van der Waals surface area contributed by atoms with Gasteiger partial charge in [-0.25, -0.2) is 9.97 Å². The third-order valence-electron chi connectivity index (χ3n) is 5.26. The summed E-state index contributed by atoms with van der Waals surface area (Å²) in [5, 5.41) is 4.01. The quantitative estimate of drug-likeness (QED) is 0.695. The summed E-state index contributed by atoms with van der Waals surface area (Å²) in [6.07, 6.45) is 7.05. The van der Waals surface area contributed by atoms with Gasteiger partial charge in [0.15, 0.2) is 0 Å². The Labute approximate surface area is 163 Å². The van der Waals surface area contributed by atoms with Gasteiger partial charge in [-0.15, -0.1) is 0 Å². The van der Waals surface area contributed by atoms with Crippen molar-refractivity contribution in [2.24, 2.45) is 0 Å². The molecule has 0 aromatic carbocycles. The molecule has 7 heteroatoms. The second-order valence-electron chi connectivity index (χ2n) is 7.28. The van der Waals surface area contributed by atoms with Gasteiger partial charge in [0.1, 0.15) is 11.6 Å². The number of aromatic nitrogens is 4. The molecule has 1 atom stereocenters. The molecule has 4 rings (SSSR count). The maximum absolute atomic E-state index is 12.8. The zero-order valence-corrected chi connectivity index (χ0v) is 16.3. The van der Waals surface area contributed by atoms with E-state index >= 15 is 0 Å². The first-order valence-electron chi connectivity index (χ1n) is 9.50. The van der Waals surface area contributed by atoms with Crippen LogP contribution >= 0.6 is 0 Å². The van der Waals surface area contributed by atoms with E-state index in [-0.39, 0.29) is 11.8 Å². The Morgan fingerprint density at radius 3 is 2.54 bits per heavy atom. The van der Waals surface area contributed by atoms with Crippen LogP contribution < -0.4 is 0 Å². The highest BCUT2D eigenvalue weighted by Crippen LogP contribution is 2.30. The van der Waals surface area contributed by atoms with Crippen LogP contribution in [0.1, 0.15) is 52.1 Å². The largest absolute Gasteiger partial charge is 0.361 e. The summed E-state index contributed by atoms with van der Waals surface area (Å²) in [5.74, 6) is 1.66. The summed E-state index contributed by atoms with van der Waals surface area (Å²) in [7, 11) is 0. The van der Waals surface area contributed by atoms with Crippen molar-refractivity contribution < 1.29 is 9.32 Å². The lowest BCUT2D eigenvalue weighted by molar-refractivity contribution is 0.0705. The number of hydrogen-bond donors (Lipinski definition) is 0. The smallest absolute Gasteiger partial charge is 0.257 e. The maximum atomic E-state index is 12.8. The van der Waals surface area contributed by atoms with Gasteiger partial charge in [0.2, 0.25) is 0 Å². The molecule has 1 saturated heterocycles. The SMILES string of the molecule is Cc1ncc(C(=O)N2CCCC(c3ccc(-c4c(C)noc4C)cn3)C2)cn1. The molecule has 1 amide bonds. The van der Waals surface area contributed by atoms with E-state index in [9.17, 15) is 4.79 Å². The summed E-state index contributed by atoms with van der Waals surface area (Å²) < 4.78 is 5.25. The van der Waals surface area contributed by atoms with Crippen molar-refractivity contribution >= 4 is 5.91 Å². The molecule has 3 aromatic rings. The molecule has 3 aromatic heterocycles. The highest BCUT2D eigenvalue weighted by molar-refractivity contribution is 5.93. The molecule has 144 valence electrons. The minimum Gasteiger partial charge on any atom is -0.361 e. The first-order chi connectivity index (χ1) is 13.5. The molecule has 0 N–H and O–H groups in total. The fraction of sp³-hybridized carbons (Fsp3) is 0.381. The summed E-state index contributed by atoms with van der Waals surface area (Å²) in [6.45, 7) is 7.05. The van der Waals surface area contributed by atoms with Crippen molar-refractivity contribution in [3.05, 3.63) is 59.3 Å². The maximum Gasteiger partial charge on any atom is 0.257 e. The Balaban J connectivity index is 1.50. The minimum atomic E-state index is -0.0166. The van der Waals surface area contributed by atoms with Crippen LogP contribution in [0.4, 0.5) is 0 Å². The first kappa shape index (κ1) is 18.3. The predicted molar refractivity (Wildman–Crippen MR) is 104 cm³/mol. The topological polar surface area (TPSA) is 85.0 Å². The molecule has 0 bridgehead atoms. The zero-order valence-electron chi connectivity index (χ0n) is 16.3. The molecule has 1 aliphatic heterocycles. The highest BCUT2D eigenvalue weighted by atomic mass is 16.5. The molecule has 4 heterocycles. The number of rotatable bonds is 3. The Hall–Kier alpha value is -3.09. The first-order valence-corrected chi connectivity index (χ1v) is 9.50. The molecule has 1 aliphatic rings. The minimum absolute atomic E-state index is 0.0166. The van der Waals surface area contributed by atoms with E-state index in [1.165, 1.54) is 0 Å². The van der Waals surface area contributed by atoms with Gasteiger partial charge in [0.05, 0.1) is 11.3 Å². The second-order valence-corrected chi connectivity index (χ2v) is 7.28. The number of nitrogens with zero attached hydrogens (tertiary/aromatic N) is 5. The van der Waals surface area contributed by atoms with E-state index in [4.69, 9.17) is 4.52 Å². The van der Waals surface area contributed by atoms with Crippen LogP contribution in [0.15, 0.2) is 35.2 Å². The van der Waals surface area contributed by atoms with Crippen molar-refractivity contribution in [2.75, 3.05) is 13.1 Å². The number of amides is 1. The molecule has 0 saturated carbocycles. The number of carbonyl (C=O) groups excluding carboxylic acids is 1. The van der Waals surface area contributed by atoms with E-state index in [1.807, 2.05) is 31.9 Å². The van der Waals surface area contributed by atoms with E-state index < -0.39 is 0 Å². The van der Waals surface area contributed by atoms with Crippen molar-refractivity contribution in [3.8, 4) is 11.1 Å². The van der Waals surface area contributed by atoms with Crippen LogP contribution in [0.2, 0.25) is 0 Å². The lowest BCUT2D eigenvalue weighted by atomic mass is 9.93. The van der Waals surface area contributed by atoms with Crippen LogP contribution in [0.3, 0.4) is 0 Å². The van der Waals surface area contributed by atoms with Crippen molar-refractivity contribution in [3.63, 3.8) is 0 Å². The van der Waals surface area contributed by atoms with Gasteiger partial charge in [-0.2, -0.15) is 0 Å². The number of aryl methyl sites for hydroxylation is 3. The van der Waals surface area contributed by atoms with Crippen molar-refractivity contribution in [1.82, 2.24) is 25.0 Å². The van der Waals surface area contributed by atoms with Crippen LogP contribution in [-0.4, -0.2) is 44.0 Å². The molecule has 1 fully saturated rings. The van der Waals surface area contributed by atoms with Gasteiger partial charge in [0.25, 0.3) is 5.91 Å². The molecular formula is C21H23N5O2. The summed E-state index contributed by atoms with van der Waals surface area (Å²) in [4.78, 5) is 27.6. The molecule has 28 heavy (non-hydrogen) atoms. The van der Waals surface area contributed by atoms with Gasteiger partial charge in [-0.3, -0.25) is 9.78 Å². The van der Waals surface area contributed by atoms with E-state index in [1.54, 1.807) is 12.4 Å². The van der Waals surface area contributed by atoms with Crippen LogP contribution in [-0.2, 0) is 0 Å². The molecular weight excluding hydrogens is 354 g/mol. The van der Waals surface area contributed by atoms with Crippen LogP contribution in [0.25, 0.3) is 11.1 Å². The average Bonchev–Trinajstić information content (AvgIpc) is 3.06. The fourth-order valence-corrected chi connectivity index (χ4v) is 3.78. The fourth-order valence-electron chi connectivity index (χ4n) is 3.78. The van der Waals surface area contributed by atoms with Crippen LogP contribution in [0, 0.1) is 20.8 Å². The molecule has 0 aliphatic carbocycles. The third kappa shape index (κ3) is 3.52. The van der Waals surface area contributed by atoms with Crippen molar-refractivity contribution in [2.45, 2.75) is 39.5 Å². The number of hydrogen-bond acceptors (Lipinski definition) is 6. The van der Waals surface area contributed by atoms with Gasteiger partial charge < -0.3 is 9.42 Å². The van der Waals surface area contributed by atoms with Gasteiger partial charge in [0, 0.05) is 54.4 Å². The molecule has 0 spiro atoms. The summed E-state index contributed by atoms with van der Waals surface area (Å²) >= 11 is 0. The number of piperidine rings is 1. The highest BCUT2D eigenvalue weighted by Gasteiger charge is 2.26. The molecule has 1 unspecified atom stereocenters. The van der Waals surface area contributed by atoms with Gasteiger partial charge >= 0.3 is 0 Å². The number of likely N-dealkylation sites (tertiary alicyclic amines) is 1. The second kappa shape index (κ2) is 7.50. The molecule has 7 nitrogen and oxygen atoms in total. The Kier molecular flexibility index (Phi) is 4.90. The monoisotopic (exact) mass is 377 g/mol. The number of pyridine rings is 1. The summed E-state index contributed by atoms with van der Waals surface area (Å²) in [6, 6.07) is 4.11. The van der Waals surface area contributed by atoms with Crippen molar-refractivity contribution in [1.29, 1.82) is 0 Å². The zero-order chi connectivity index (χ0) is 19.7. The third-order valence-corrected chi connectivity index (χ3v) is 5.26. The summed E-state index contributed by atoms with van der Waals surface area (Å²) in [5.41, 5.74) is 4.40. The average molecular weight is 377 g/mol. The predicted octanol–water partition coefficient (Wildman–Crippen LogP) is 3.47. The van der Waals surface area contributed by atoms with Gasteiger partial charge in [-0.1, -0.05) is 11.2 Å². The lowest BCUT2D eigenvalue weighted by Crippen LogP contribution is -2.39. The Morgan fingerprint density at radius 1 is 1.11 bits per heavy atom. The van der Waals surface area contributed by atoms with Crippen LogP contribution in [0.5, 0.6) is 0 Å². The lowest BCUT2D eigenvalue weighted by Gasteiger charge is -2.32. The van der Waals surface area contributed by atoms with E-state index in [0.29, 0.717) is 17.9 Å². The standard InChI is InChI=1S/C21H23N5O2/c1-13-20(14(2)28-25-13)16-6-7-19(24-9-16)17-5-4-8-26(12-17)21(27)18-10-22-15(3)23-11-18/h6-7,9-11,17H,4-5,8,12H2,1-3H3. The van der Waals surface area contributed by atoms with Gasteiger partial charge in [-0.05, 0) is 39.7 Å². The molecule has 0 radical (unpaired) electrons. The number of carbonyl (C=O) groups is 1.